The normalized spacial score (nSPS) is 19.3. The van der Waals surface area contributed by atoms with Gasteiger partial charge < -0.3 is 19.6 Å². The third kappa shape index (κ3) is 5.40. The molecule has 4 rings (SSSR count). The molecule has 2 heterocycles. The number of anilines is 1. The SMILES string of the molecule is CCN(c1cc(Cl)cc(C(O)NCc2c(OC)nn3cccnc23)c1C)C1CCC(N(C)C)CC1. The Bertz CT molecular complexity index is 1140. The lowest BCUT2D eigenvalue weighted by molar-refractivity contribution is 0.136. The van der Waals surface area contributed by atoms with Crippen molar-refractivity contribution in [2.75, 3.05) is 32.6 Å². The van der Waals surface area contributed by atoms with Gasteiger partial charge in [0.15, 0.2) is 5.65 Å². The van der Waals surface area contributed by atoms with Crippen LogP contribution in [0, 0.1) is 6.92 Å². The second kappa shape index (κ2) is 11.1. The molecular weight excluding hydrogens is 464 g/mol. The van der Waals surface area contributed by atoms with Crippen LogP contribution in [0.3, 0.4) is 0 Å². The van der Waals surface area contributed by atoms with E-state index in [1.807, 2.05) is 24.4 Å². The average Bonchev–Trinajstić information content (AvgIpc) is 3.22. The Labute approximate surface area is 212 Å². The van der Waals surface area contributed by atoms with Crippen LogP contribution in [-0.4, -0.2) is 64.4 Å². The van der Waals surface area contributed by atoms with Gasteiger partial charge in [-0.25, -0.2) is 9.50 Å². The van der Waals surface area contributed by atoms with Gasteiger partial charge >= 0.3 is 0 Å². The van der Waals surface area contributed by atoms with Gasteiger partial charge in [-0.2, -0.15) is 0 Å². The number of benzene rings is 1. The van der Waals surface area contributed by atoms with Crippen LogP contribution in [0.5, 0.6) is 5.88 Å². The molecule has 1 aliphatic carbocycles. The molecule has 1 aliphatic rings. The molecule has 0 saturated heterocycles. The van der Waals surface area contributed by atoms with Gasteiger partial charge in [0.1, 0.15) is 6.23 Å². The molecule has 2 N–H and O–H groups in total. The third-order valence-corrected chi connectivity index (χ3v) is 7.50. The highest BCUT2D eigenvalue weighted by molar-refractivity contribution is 6.31. The minimum atomic E-state index is -0.904. The lowest BCUT2D eigenvalue weighted by atomic mass is 9.88. The molecule has 0 spiro atoms. The predicted molar refractivity (Wildman–Crippen MR) is 140 cm³/mol. The molecule has 0 amide bonds. The van der Waals surface area contributed by atoms with E-state index in [1.165, 1.54) is 12.8 Å². The van der Waals surface area contributed by atoms with E-state index < -0.39 is 6.23 Å². The highest BCUT2D eigenvalue weighted by Crippen LogP contribution is 2.35. The molecule has 1 fully saturated rings. The molecule has 35 heavy (non-hydrogen) atoms. The second-order valence-electron chi connectivity index (χ2n) is 9.51. The maximum atomic E-state index is 11.2. The predicted octanol–water partition coefficient (Wildman–Crippen LogP) is 4.18. The zero-order valence-corrected chi connectivity index (χ0v) is 22.1. The molecule has 1 aromatic carbocycles. The number of methoxy groups -OCH3 is 1. The van der Waals surface area contributed by atoms with E-state index in [9.17, 15) is 5.11 Å². The van der Waals surface area contributed by atoms with Crippen LogP contribution >= 0.6 is 11.6 Å². The van der Waals surface area contributed by atoms with Crippen molar-refractivity contribution in [2.24, 2.45) is 0 Å². The first-order chi connectivity index (χ1) is 16.8. The zero-order chi connectivity index (χ0) is 25.1. The molecule has 0 radical (unpaired) electrons. The summed E-state index contributed by atoms with van der Waals surface area (Å²) in [6, 6.07) is 6.82. The molecule has 9 heteroatoms. The Morgan fingerprint density at radius 1 is 1.23 bits per heavy atom. The van der Waals surface area contributed by atoms with Crippen LogP contribution in [0.15, 0.2) is 30.6 Å². The maximum Gasteiger partial charge on any atom is 0.239 e. The van der Waals surface area contributed by atoms with E-state index in [4.69, 9.17) is 16.3 Å². The molecule has 1 atom stereocenters. The van der Waals surface area contributed by atoms with Gasteiger partial charge in [-0.3, -0.25) is 5.32 Å². The highest BCUT2D eigenvalue weighted by atomic mass is 35.5. The second-order valence-corrected chi connectivity index (χ2v) is 9.95. The van der Waals surface area contributed by atoms with Gasteiger partial charge in [-0.05, 0) is 77.4 Å². The first kappa shape index (κ1) is 25.7. The van der Waals surface area contributed by atoms with Crippen LogP contribution in [0.25, 0.3) is 5.65 Å². The van der Waals surface area contributed by atoms with Crippen molar-refractivity contribution >= 4 is 22.9 Å². The van der Waals surface area contributed by atoms with Crippen molar-refractivity contribution in [2.45, 2.75) is 64.4 Å². The first-order valence-corrected chi connectivity index (χ1v) is 12.7. The van der Waals surface area contributed by atoms with Crippen molar-refractivity contribution in [1.82, 2.24) is 24.8 Å². The van der Waals surface area contributed by atoms with Crippen LogP contribution in [-0.2, 0) is 6.54 Å². The molecule has 0 bridgehead atoms. The number of aliphatic hydroxyl groups excluding tert-OH is 1. The smallest absolute Gasteiger partial charge is 0.239 e. The lowest BCUT2D eigenvalue weighted by Gasteiger charge is -2.40. The first-order valence-electron chi connectivity index (χ1n) is 12.3. The van der Waals surface area contributed by atoms with E-state index >= 15 is 0 Å². The van der Waals surface area contributed by atoms with Crippen molar-refractivity contribution in [3.63, 3.8) is 0 Å². The summed E-state index contributed by atoms with van der Waals surface area (Å²) < 4.78 is 7.12. The fourth-order valence-corrected chi connectivity index (χ4v) is 5.54. The summed E-state index contributed by atoms with van der Waals surface area (Å²) in [5.41, 5.74) is 4.39. The average molecular weight is 501 g/mol. The van der Waals surface area contributed by atoms with Crippen molar-refractivity contribution in [3.8, 4) is 5.88 Å². The number of nitrogens with zero attached hydrogens (tertiary/aromatic N) is 5. The number of nitrogens with one attached hydrogen (secondary N) is 1. The molecule has 3 aromatic rings. The van der Waals surface area contributed by atoms with Crippen molar-refractivity contribution in [3.05, 3.63) is 52.3 Å². The quantitative estimate of drug-likeness (QED) is 0.427. The Balaban J connectivity index is 1.54. The lowest BCUT2D eigenvalue weighted by Crippen LogP contribution is -2.42. The van der Waals surface area contributed by atoms with Crippen molar-refractivity contribution < 1.29 is 9.84 Å². The summed E-state index contributed by atoms with van der Waals surface area (Å²) >= 11 is 6.58. The Hall–Kier alpha value is -2.39. The number of hydrogen-bond donors (Lipinski definition) is 2. The standard InChI is InChI=1S/C26H37ClN6O2/c1-6-32(20-10-8-19(9-11-20)31(3)4)23-15-18(27)14-21(17(23)2)25(34)29-16-22-24-28-12-7-13-33(24)30-26(22)35-5/h7,12-15,19-20,25,29,34H,6,8-11,16H2,1-5H3. The molecule has 2 aromatic heterocycles. The number of halogens is 1. The van der Waals surface area contributed by atoms with E-state index in [1.54, 1.807) is 17.8 Å². The minimum Gasteiger partial charge on any atom is -0.480 e. The van der Waals surface area contributed by atoms with Crippen LogP contribution in [0.4, 0.5) is 5.69 Å². The minimum absolute atomic E-state index is 0.345. The van der Waals surface area contributed by atoms with E-state index in [0.29, 0.717) is 35.2 Å². The molecular formula is C26H37ClN6O2. The molecule has 190 valence electrons. The fraction of sp³-hybridized carbons (Fsp3) is 0.538. The zero-order valence-electron chi connectivity index (χ0n) is 21.3. The topological polar surface area (TPSA) is 78.2 Å². The summed E-state index contributed by atoms with van der Waals surface area (Å²) in [5.74, 6) is 0.484. The maximum absolute atomic E-state index is 11.2. The summed E-state index contributed by atoms with van der Waals surface area (Å²) in [7, 11) is 5.92. The number of rotatable bonds is 9. The van der Waals surface area contributed by atoms with Gasteiger partial charge in [0.2, 0.25) is 5.88 Å². The molecule has 1 unspecified atom stereocenters. The van der Waals surface area contributed by atoms with Crippen LogP contribution in [0.1, 0.15) is 55.5 Å². The number of aromatic nitrogens is 3. The van der Waals surface area contributed by atoms with Gasteiger partial charge in [0.25, 0.3) is 0 Å². The number of ether oxygens (including phenoxy) is 1. The van der Waals surface area contributed by atoms with E-state index in [2.05, 4.69) is 53.1 Å². The number of hydrogen-bond acceptors (Lipinski definition) is 7. The van der Waals surface area contributed by atoms with E-state index in [0.717, 1.165) is 41.8 Å². The van der Waals surface area contributed by atoms with Gasteiger partial charge in [-0.1, -0.05) is 11.6 Å². The fourth-order valence-electron chi connectivity index (χ4n) is 5.32. The number of fused-ring (bicyclic) bond motifs is 1. The Morgan fingerprint density at radius 3 is 2.60 bits per heavy atom. The Morgan fingerprint density at radius 2 is 1.94 bits per heavy atom. The highest BCUT2D eigenvalue weighted by Gasteiger charge is 2.28. The van der Waals surface area contributed by atoms with Gasteiger partial charge in [-0.15, -0.1) is 5.10 Å². The summed E-state index contributed by atoms with van der Waals surface area (Å²) in [4.78, 5) is 9.22. The Kier molecular flexibility index (Phi) is 8.16. The summed E-state index contributed by atoms with van der Waals surface area (Å²) in [6.45, 7) is 5.50. The monoisotopic (exact) mass is 500 g/mol. The van der Waals surface area contributed by atoms with Crippen molar-refractivity contribution in [1.29, 1.82) is 0 Å². The largest absolute Gasteiger partial charge is 0.480 e. The molecule has 0 aliphatic heterocycles. The summed E-state index contributed by atoms with van der Waals surface area (Å²) in [6.07, 6.45) is 7.33. The molecule has 8 nitrogen and oxygen atoms in total. The van der Waals surface area contributed by atoms with Gasteiger partial charge in [0, 0.05) is 53.8 Å². The van der Waals surface area contributed by atoms with Gasteiger partial charge in [0.05, 0.1) is 12.7 Å². The van der Waals surface area contributed by atoms with Crippen LogP contribution in [0.2, 0.25) is 5.02 Å². The van der Waals surface area contributed by atoms with Crippen LogP contribution < -0.4 is 15.0 Å². The summed E-state index contributed by atoms with van der Waals surface area (Å²) in [5, 5.41) is 19.4. The molecule has 1 saturated carbocycles. The van der Waals surface area contributed by atoms with E-state index in [-0.39, 0.29) is 0 Å². The third-order valence-electron chi connectivity index (χ3n) is 7.29. The number of aliphatic hydroxyl groups is 1.